The van der Waals surface area contributed by atoms with Crippen molar-refractivity contribution < 1.29 is 9.47 Å². The summed E-state index contributed by atoms with van der Waals surface area (Å²) in [6.45, 7) is 0.404. The highest BCUT2D eigenvalue weighted by Gasteiger charge is 2.14. The van der Waals surface area contributed by atoms with Crippen molar-refractivity contribution in [1.82, 2.24) is 9.97 Å². The Morgan fingerprint density at radius 2 is 1.85 bits per heavy atom. The van der Waals surface area contributed by atoms with E-state index in [1.165, 1.54) is 0 Å². The third kappa shape index (κ3) is 3.90. The number of para-hydroxylation sites is 1. The maximum atomic E-state index is 12.3. The first-order chi connectivity index (χ1) is 13.2. The van der Waals surface area contributed by atoms with Gasteiger partial charge in [0.05, 0.1) is 19.9 Å². The second-order valence-electron chi connectivity index (χ2n) is 5.64. The largest absolute Gasteiger partial charge is 0.497 e. The number of anilines is 1. The molecule has 1 heterocycles. The van der Waals surface area contributed by atoms with E-state index >= 15 is 0 Å². The molecule has 0 fully saturated rings. The molecule has 3 aromatic rings. The molecule has 0 bridgehead atoms. The molecule has 0 radical (unpaired) electrons. The highest BCUT2D eigenvalue weighted by molar-refractivity contribution is 5.67. The number of aromatic nitrogens is 2. The summed E-state index contributed by atoms with van der Waals surface area (Å²) in [5.41, 5.74) is 1.34. The second kappa shape index (κ2) is 8.06. The summed E-state index contributed by atoms with van der Waals surface area (Å²) in [6, 6.07) is 16.5. The summed E-state index contributed by atoms with van der Waals surface area (Å²) in [5, 5.41) is 12.4. The zero-order valence-electron chi connectivity index (χ0n) is 14.9. The smallest absolute Gasteiger partial charge is 0.270 e. The van der Waals surface area contributed by atoms with E-state index in [9.17, 15) is 10.1 Å². The third-order valence-electron chi connectivity index (χ3n) is 4.03. The minimum atomic E-state index is -0.499. The Labute approximate surface area is 156 Å². The topological polar surface area (TPSA) is 100 Å². The van der Waals surface area contributed by atoms with Gasteiger partial charge in [-0.2, -0.15) is 5.26 Å². The molecule has 2 N–H and O–H groups in total. The number of nitrogens with zero attached hydrogens (tertiary/aromatic N) is 2. The number of H-pyrrole nitrogens is 1. The lowest BCUT2D eigenvalue weighted by atomic mass is 10.1. The Kier molecular flexibility index (Phi) is 5.38. The fraction of sp³-hybridized carbons (Fsp3) is 0.150. The lowest BCUT2D eigenvalue weighted by Crippen LogP contribution is -2.17. The number of aromatic amines is 1. The van der Waals surface area contributed by atoms with Crippen LogP contribution in [0.25, 0.3) is 11.3 Å². The summed E-state index contributed by atoms with van der Waals surface area (Å²) in [5.74, 6) is 1.68. The third-order valence-corrected chi connectivity index (χ3v) is 4.03. The van der Waals surface area contributed by atoms with Crippen LogP contribution in [-0.2, 0) is 6.54 Å². The average Bonchev–Trinajstić information content (AvgIpc) is 2.72. The highest BCUT2D eigenvalue weighted by atomic mass is 16.5. The molecule has 0 aliphatic rings. The van der Waals surface area contributed by atoms with Crippen molar-refractivity contribution in [2.24, 2.45) is 0 Å². The molecule has 0 unspecified atom stereocenters. The van der Waals surface area contributed by atoms with Gasteiger partial charge < -0.3 is 14.8 Å². The van der Waals surface area contributed by atoms with Crippen molar-refractivity contribution >= 4 is 5.95 Å². The second-order valence-corrected chi connectivity index (χ2v) is 5.64. The molecule has 7 nitrogen and oxygen atoms in total. The van der Waals surface area contributed by atoms with Crippen molar-refractivity contribution in [3.63, 3.8) is 0 Å². The molecule has 136 valence electrons. The summed E-state index contributed by atoms with van der Waals surface area (Å²) < 4.78 is 10.5. The maximum Gasteiger partial charge on any atom is 0.270 e. The monoisotopic (exact) mass is 362 g/mol. The lowest BCUT2D eigenvalue weighted by Gasteiger charge is -2.11. The van der Waals surface area contributed by atoms with Crippen LogP contribution < -0.4 is 20.3 Å². The SMILES string of the molecule is COc1ccc(-c2nc(NCc3ccccc3OC)[nH]c(=O)c2C#N)cc1. The Hall–Kier alpha value is -3.79. The summed E-state index contributed by atoms with van der Waals surface area (Å²) >= 11 is 0. The van der Waals surface area contributed by atoms with E-state index in [4.69, 9.17) is 9.47 Å². The van der Waals surface area contributed by atoms with E-state index in [1.54, 1.807) is 38.5 Å². The van der Waals surface area contributed by atoms with Crippen molar-refractivity contribution in [3.05, 3.63) is 70.0 Å². The molecule has 0 saturated carbocycles. The molecule has 7 heteroatoms. The first-order valence-corrected chi connectivity index (χ1v) is 8.21. The van der Waals surface area contributed by atoms with Crippen LogP contribution in [0.2, 0.25) is 0 Å². The minimum Gasteiger partial charge on any atom is -0.497 e. The van der Waals surface area contributed by atoms with Crippen molar-refractivity contribution in [2.75, 3.05) is 19.5 Å². The quantitative estimate of drug-likeness (QED) is 0.699. The number of nitrogens with one attached hydrogen (secondary N) is 2. The number of hydrogen-bond donors (Lipinski definition) is 2. The van der Waals surface area contributed by atoms with Crippen molar-refractivity contribution in [1.29, 1.82) is 5.26 Å². The molecule has 2 aromatic carbocycles. The molecule has 0 spiro atoms. The first kappa shape index (κ1) is 18.0. The van der Waals surface area contributed by atoms with Gasteiger partial charge in [0, 0.05) is 17.7 Å². The van der Waals surface area contributed by atoms with Crippen LogP contribution >= 0.6 is 0 Å². The number of rotatable bonds is 6. The maximum absolute atomic E-state index is 12.3. The van der Waals surface area contributed by atoms with Gasteiger partial charge in [-0.15, -0.1) is 0 Å². The van der Waals surface area contributed by atoms with Crippen LogP contribution in [-0.4, -0.2) is 24.2 Å². The molecular weight excluding hydrogens is 344 g/mol. The number of nitriles is 1. The fourth-order valence-corrected chi connectivity index (χ4v) is 2.65. The number of benzene rings is 2. The highest BCUT2D eigenvalue weighted by Crippen LogP contribution is 2.23. The Morgan fingerprint density at radius 1 is 1.11 bits per heavy atom. The van der Waals surface area contributed by atoms with Crippen LogP contribution in [0, 0.1) is 11.3 Å². The van der Waals surface area contributed by atoms with E-state index in [-0.39, 0.29) is 11.5 Å². The fourth-order valence-electron chi connectivity index (χ4n) is 2.65. The van der Waals surface area contributed by atoms with E-state index in [1.807, 2.05) is 30.3 Å². The molecule has 0 atom stereocenters. The molecule has 0 aliphatic heterocycles. The summed E-state index contributed by atoms with van der Waals surface area (Å²) in [7, 11) is 3.17. The number of methoxy groups -OCH3 is 2. The van der Waals surface area contributed by atoms with Crippen LogP contribution in [0.15, 0.2) is 53.3 Å². The van der Waals surface area contributed by atoms with E-state index in [2.05, 4.69) is 15.3 Å². The number of ether oxygens (including phenoxy) is 2. The normalized spacial score (nSPS) is 10.1. The van der Waals surface area contributed by atoms with Gasteiger partial charge in [-0.3, -0.25) is 9.78 Å². The Bertz CT molecular complexity index is 1040. The molecule has 0 saturated heterocycles. The summed E-state index contributed by atoms with van der Waals surface area (Å²) in [6.07, 6.45) is 0. The zero-order valence-corrected chi connectivity index (χ0v) is 14.9. The van der Waals surface area contributed by atoms with Gasteiger partial charge in [-0.25, -0.2) is 4.98 Å². The molecular formula is C20H18N4O3. The van der Waals surface area contributed by atoms with Crippen molar-refractivity contribution in [3.8, 4) is 28.8 Å². The van der Waals surface area contributed by atoms with Crippen LogP contribution in [0.3, 0.4) is 0 Å². The molecule has 0 aliphatic carbocycles. The molecule has 27 heavy (non-hydrogen) atoms. The van der Waals surface area contributed by atoms with Gasteiger partial charge in [0.25, 0.3) is 5.56 Å². The molecule has 0 amide bonds. The molecule has 3 rings (SSSR count). The van der Waals surface area contributed by atoms with Crippen LogP contribution in [0.5, 0.6) is 11.5 Å². The van der Waals surface area contributed by atoms with Crippen LogP contribution in [0.1, 0.15) is 11.1 Å². The zero-order chi connectivity index (χ0) is 19.2. The molecule has 1 aromatic heterocycles. The standard InChI is InChI=1S/C20H18N4O3/c1-26-15-9-7-13(8-10-15)18-16(11-21)19(25)24-20(23-18)22-12-14-5-3-4-6-17(14)27-2/h3-10H,12H2,1-2H3,(H2,22,23,24,25). The predicted molar refractivity (Wildman–Crippen MR) is 102 cm³/mol. The number of hydrogen-bond acceptors (Lipinski definition) is 6. The van der Waals surface area contributed by atoms with Gasteiger partial charge in [-0.1, -0.05) is 18.2 Å². The Balaban J connectivity index is 1.94. The predicted octanol–water partition coefficient (Wildman–Crippen LogP) is 2.94. The van der Waals surface area contributed by atoms with Crippen molar-refractivity contribution in [2.45, 2.75) is 6.54 Å². The first-order valence-electron chi connectivity index (χ1n) is 8.21. The van der Waals surface area contributed by atoms with E-state index < -0.39 is 5.56 Å². The van der Waals surface area contributed by atoms with Gasteiger partial charge in [0.2, 0.25) is 5.95 Å². The van der Waals surface area contributed by atoms with Gasteiger partial charge in [0.15, 0.2) is 0 Å². The summed E-state index contributed by atoms with van der Waals surface area (Å²) in [4.78, 5) is 19.3. The van der Waals surface area contributed by atoms with Gasteiger partial charge >= 0.3 is 0 Å². The van der Waals surface area contributed by atoms with Gasteiger partial charge in [-0.05, 0) is 30.3 Å². The van der Waals surface area contributed by atoms with E-state index in [0.717, 1.165) is 11.3 Å². The Morgan fingerprint density at radius 3 is 2.52 bits per heavy atom. The minimum absolute atomic E-state index is 0.0389. The average molecular weight is 362 g/mol. The van der Waals surface area contributed by atoms with Gasteiger partial charge in [0.1, 0.15) is 23.1 Å². The van der Waals surface area contributed by atoms with Crippen LogP contribution in [0.4, 0.5) is 5.95 Å². The lowest BCUT2D eigenvalue weighted by molar-refractivity contribution is 0.410. The van der Waals surface area contributed by atoms with E-state index in [0.29, 0.717) is 23.6 Å².